The zero-order chi connectivity index (χ0) is 19.1. The second-order valence-electron chi connectivity index (χ2n) is 5.52. The second-order valence-corrected chi connectivity index (χ2v) is 5.52. The lowest BCUT2D eigenvalue weighted by atomic mass is 10.1. The summed E-state index contributed by atoms with van der Waals surface area (Å²) in [6.07, 6.45) is 0. The maximum atomic E-state index is 12.3. The highest BCUT2D eigenvalue weighted by Gasteiger charge is 2.20. The van der Waals surface area contributed by atoms with Crippen molar-refractivity contribution in [2.75, 3.05) is 14.2 Å². The lowest BCUT2D eigenvalue weighted by molar-refractivity contribution is -0.138. The Morgan fingerprint density at radius 3 is 2.15 bits per heavy atom. The molecule has 7 nitrogen and oxygen atoms in total. The number of carbonyl (C=O) groups excluding carboxylic acids is 1. The molecule has 2 aromatic carbocycles. The van der Waals surface area contributed by atoms with Gasteiger partial charge in [-0.05, 0) is 24.6 Å². The number of benzene rings is 2. The molecule has 2 N–H and O–H groups in total. The molecule has 26 heavy (non-hydrogen) atoms. The molecule has 0 saturated carbocycles. The van der Waals surface area contributed by atoms with E-state index in [-0.39, 0.29) is 5.56 Å². The van der Waals surface area contributed by atoms with Crippen LogP contribution in [0.4, 0.5) is 0 Å². The fraction of sp³-hybridized carbons (Fsp3) is 0.263. The Labute approximate surface area is 151 Å². The van der Waals surface area contributed by atoms with Gasteiger partial charge in [0, 0.05) is 5.56 Å². The lowest BCUT2D eigenvalue weighted by Gasteiger charge is -2.17. The predicted octanol–water partition coefficient (Wildman–Crippen LogP) is 2.49. The summed E-state index contributed by atoms with van der Waals surface area (Å²) in [4.78, 5) is 23.2. The molecule has 1 unspecified atom stereocenters. The summed E-state index contributed by atoms with van der Waals surface area (Å²) in [6, 6.07) is 11.5. The topological polar surface area (TPSA) is 94.1 Å². The maximum absolute atomic E-state index is 12.3. The summed E-state index contributed by atoms with van der Waals surface area (Å²) >= 11 is 0. The number of carbonyl (C=O) groups is 2. The van der Waals surface area contributed by atoms with Gasteiger partial charge in [0.2, 0.25) is 5.75 Å². The highest BCUT2D eigenvalue weighted by Crippen LogP contribution is 2.39. The van der Waals surface area contributed by atoms with Crippen LogP contribution in [-0.4, -0.2) is 37.2 Å². The number of carboxylic acids is 1. The third kappa shape index (κ3) is 4.66. The van der Waals surface area contributed by atoms with Crippen LogP contribution < -0.4 is 19.5 Å². The van der Waals surface area contributed by atoms with Crippen molar-refractivity contribution in [3.05, 3.63) is 53.6 Å². The monoisotopic (exact) mass is 359 g/mol. The third-order valence-corrected chi connectivity index (χ3v) is 3.67. The first-order valence-corrected chi connectivity index (χ1v) is 7.92. The molecule has 0 aliphatic heterocycles. The highest BCUT2D eigenvalue weighted by atomic mass is 16.5. The van der Waals surface area contributed by atoms with Crippen molar-refractivity contribution in [1.29, 1.82) is 0 Å². The molecule has 0 spiro atoms. The van der Waals surface area contributed by atoms with Crippen LogP contribution in [0.1, 0.15) is 22.8 Å². The molecule has 0 saturated heterocycles. The van der Waals surface area contributed by atoms with Crippen molar-refractivity contribution in [3.8, 4) is 17.2 Å². The van der Waals surface area contributed by atoms with Crippen LogP contribution in [0.3, 0.4) is 0 Å². The van der Waals surface area contributed by atoms with E-state index in [0.717, 1.165) is 5.56 Å². The van der Waals surface area contributed by atoms with Gasteiger partial charge in [-0.1, -0.05) is 30.3 Å². The lowest BCUT2D eigenvalue weighted by Crippen LogP contribution is -2.38. The molecule has 1 amide bonds. The Morgan fingerprint density at radius 1 is 1.08 bits per heavy atom. The number of methoxy groups -OCH3 is 2. The maximum Gasteiger partial charge on any atom is 0.325 e. The number of nitrogens with one attached hydrogen (secondary N) is 1. The van der Waals surface area contributed by atoms with Gasteiger partial charge in [0.25, 0.3) is 5.91 Å². The Balaban J connectivity index is 2.26. The Hall–Kier alpha value is -3.22. The first-order valence-electron chi connectivity index (χ1n) is 7.92. The molecular weight excluding hydrogens is 338 g/mol. The Kier molecular flexibility index (Phi) is 6.43. The number of amides is 1. The quantitative estimate of drug-likeness (QED) is 0.752. The van der Waals surface area contributed by atoms with E-state index >= 15 is 0 Å². The summed E-state index contributed by atoms with van der Waals surface area (Å²) in [6.45, 7) is 1.68. The summed E-state index contributed by atoms with van der Waals surface area (Å²) < 4.78 is 16.5. The summed E-state index contributed by atoms with van der Waals surface area (Å²) in [5.74, 6) is -0.685. The second kappa shape index (κ2) is 8.75. The fourth-order valence-electron chi connectivity index (χ4n) is 2.22. The molecule has 2 aromatic rings. The van der Waals surface area contributed by atoms with E-state index in [1.54, 1.807) is 0 Å². The molecule has 7 heteroatoms. The van der Waals surface area contributed by atoms with Crippen LogP contribution in [-0.2, 0) is 11.4 Å². The first kappa shape index (κ1) is 19.1. The molecule has 0 bridgehead atoms. The van der Waals surface area contributed by atoms with E-state index in [2.05, 4.69) is 5.32 Å². The van der Waals surface area contributed by atoms with Crippen LogP contribution in [0.25, 0.3) is 0 Å². The molecule has 0 heterocycles. The summed E-state index contributed by atoms with van der Waals surface area (Å²) in [7, 11) is 2.90. The van der Waals surface area contributed by atoms with E-state index in [1.165, 1.54) is 33.3 Å². The first-order chi connectivity index (χ1) is 12.5. The average Bonchev–Trinajstić information content (AvgIpc) is 2.66. The molecule has 138 valence electrons. The number of rotatable bonds is 8. The molecule has 1 atom stereocenters. The SMILES string of the molecule is COc1cc(C(=O)NC(C)C(=O)O)cc(OC)c1OCc1ccccc1. The predicted molar refractivity (Wildman–Crippen MR) is 94.9 cm³/mol. The number of carboxylic acid groups (broad SMARTS) is 1. The largest absolute Gasteiger partial charge is 0.493 e. The standard InChI is InChI=1S/C19H21NO6/c1-12(19(22)23)20-18(21)14-9-15(24-2)17(16(10-14)25-3)26-11-13-7-5-4-6-8-13/h4-10,12H,11H2,1-3H3,(H,20,21)(H,22,23). The number of aliphatic carboxylic acids is 1. The van der Waals surface area contributed by atoms with Crippen LogP contribution in [0, 0.1) is 0 Å². The van der Waals surface area contributed by atoms with Crippen molar-refractivity contribution in [2.24, 2.45) is 0 Å². The minimum Gasteiger partial charge on any atom is -0.493 e. The molecule has 2 rings (SSSR count). The van der Waals surface area contributed by atoms with Crippen molar-refractivity contribution in [3.63, 3.8) is 0 Å². The van der Waals surface area contributed by atoms with E-state index < -0.39 is 17.9 Å². The third-order valence-electron chi connectivity index (χ3n) is 3.67. The molecule has 0 aliphatic rings. The van der Waals surface area contributed by atoms with Crippen molar-refractivity contribution < 1.29 is 28.9 Å². The van der Waals surface area contributed by atoms with Gasteiger partial charge in [-0.3, -0.25) is 9.59 Å². The molecule has 0 aliphatic carbocycles. The smallest absolute Gasteiger partial charge is 0.325 e. The number of ether oxygens (including phenoxy) is 3. The Morgan fingerprint density at radius 2 is 1.65 bits per heavy atom. The van der Waals surface area contributed by atoms with E-state index in [1.807, 2.05) is 30.3 Å². The molecule has 0 radical (unpaired) electrons. The van der Waals surface area contributed by atoms with Crippen LogP contribution in [0.2, 0.25) is 0 Å². The van der Waals surface area contributed by atoms with E-state index in [4.69, 9.17) is 19.3 Å². The number of hydrogen-bond donors (Lipinski definition) is 2. The van der Waals surface area contributed by atoms with E-state index in [0.29, 0.717) is 23.9 Å². The summed E-state index contributed by atoms with van der Waals surface area (Å²) in [5.41, 5.74) is 1.17. The zero-order valence-electron chi connectivity index (χ0n) is 14.8. The van der Waals surface area contributed by atoms with Gasteiger partial charge < -0.3 is 24.6 Å². The summed E-state index contributed by atoms with van der Waals surface area (Å²) in [5, 5.41) is 11.3. The minimum atomic E-state index is -1.12. The molecule has 0 fully saturated rings. The Bertz CT molecular complexity index is 750. The molecule has 0 aromatic heterocycles. The van der Waals surface area contributed by atoms with Gasteiger partial charge in [0.1, 0.15) is 12.6 Å². The van der Waals surface area contributed by atoms with Gasteiger partial charge in [-0.15, -0.1) is 0 Å². The normalized spacial score (nSPS) is 11.3. The number of hydrogen-bond acceptors (Lipinski definition) is 5. The van der Waals surface area contributed by atoms with Crippen molar-refractivity contribution in [2.45, 2.75) is 19.6 Å². The molecular formula is C19H21NO6. The minimum absolute atomic E-state index is 0.207. The van der Waals surface area contributed by atoms with Gasteiger partial charge in [0.05, 0.1) is 14.2 Å². The highest BCUT2D eigenvalue weighted by molar-refractivity contribution is 5.97. The van der Waals surface area contributed by atoms with Gasteiger partial charge in [0.15, 0.2) is 11.5 Å². The van der Waals surface area contributed by atoms with Crippen LogP contribution in [0.5, 0.6) is 17.2 Å². The van der Waals surface area contributed by atoms with Gasteiger partial charge in [-0.25, -0.2) is 0 Å². The van der Waals surface area contributed by atoms with Crippen molar-refractivity contribution in [1.82, 2.24) is 5.32 Å². The van der Waals surface area contributed by atoms with Gasteiger partial charge in [-0.2, -0.15) is 0 Å². The average molecular weight is 359 g/mol. The van der Waals surface area contributed by atoms with Crippen LogP contribution >= 0.6 is 0 Å². The van der Waals surface area contributed by atoms with Crippen molar-refractivity contribution >= 4 is 11.9 Å². The van der Waals surface area contributed by atoms with Gasteiger partial charge >= 0.3 is 5.97 Å². The zero-order valence-corrected chi connectivity index (χ0v) is 14.8. The van der Waals surface area contributed by atoms with E-state index in [9.17, 15) is 9.59 Å². The van der Waals surface area contributed by atoms with Crippen LogP contribution in [0.15, 0.2) is 42.5 Å². The fourth-order valence-corrected chi connectivity index (χ4v) is 2.22.